The van der Waals surface area contributed by atoms with Crippen molar-refractivity contribution in [3.63, 3.8) is 0 Å². The van der Waals surface area contributed by atoms with Gasteiger partial charge in [0.25, 0.3) is 0 Å². The number of hydrogen-bond donors (Lipinski definition) is 3. The van der Waals surface area contributed by atoms with Gasteiger partial charge in [0.05, 0.1) is 21.6 Å². The molecule has 4 N–H and O–H groups in total. The molecule has 27 heavy (non-hydrogen) atoms. The van der Waals surface area contributed by atoms with Crippen molar-refractivity contribution in [1.82, 2.24) is 5.32 Å². The van der Waals surface area contributed by atoms with Crippen molar-refractivity contribution in [3.8, 4) is 5.75 Å². The van der Waals surface area contributed by atoms with Crippen LogP contribution in [0.2, 0.25) is 10.0 Å². The Bertz CT molecular complexity index is 1030. The quantitative estimate of drug-likeness (QED) is 0.685. The number of halogens is 3. The zero-order valence-electron chi connectivity index (χ0n) is 13.6. The summed E-state index contributed by atoms with van der Waals surface area (Å²) < 4.78 is 39.3. The molecule has 1 aliphatic rings. The number of anilines is 2. The Kier molecular flexibility index (Phi) is 5.22. The van der Waals surface area contributed by atoms with E-state index in [9.17, 15) is 22.7 Å². The van der Waals surface area contributed by atoms with Gasteiger partial charge in [0, 0.05) is 13.1 Å². The van der Waals surface area contributed by atoms with Gasteiger partial charge in [-0.05, 0) is 24.3 Å². The standard InChI is InChI=1S/C16H14Cl2FN3O4S/c17-9-4-5-12(14(23)15(9)27(25,26)8-6-21-7-8)22(16(20)24)11-3-1-2-10(19)13(11)18/h1-5,8,21,23H,6-7H2,(H2,20,24). The maximum absolute atomic E-state index is 13.8. The topological polar surface area (TPSA) is 113 Å². The van der Waals surface area contributed by atoms with Crippen molar-refractivity contribution in [2.24, 2.45) is 5.73 Å². The van der Waals surface area contributed by atoms with Crippen LogP contribution < -0.4 is 16.0 Å². The maximum Gasteiger partial charge on any atom is 0.324 e. The summed E-state index contributed by atoms with van der Waals surface area (Å²) >= 11 is 11.9. The molecule has 2 aromatic carbocycles. The number of urea groups is 1. The number of aromatic hydroxyl groups is 1. The number of phenolic OH excluding ortho intramolecular Hbond substituents is 1. The van der Waals surface area contributed by atoms with Gasteiger partial charge in [-0.15, -0.1) is 0 Å². The summed E-state index contributed by atoms with van der Waals surface area (Å²) in [5.74, 6) is -1.59. The Morgan fingerprint density at radius 2 is 1.89 bits per heavy atom. The van der Waals surface area contributed by atoms with Gasteiger partial charge in [0.15, 0.2) is 15.6 Å². The van der Waals surface area contributed by atoms with Crippen LogP contribution in [0.4, 0.5) is 20.6 Å². The molecule has 0 atom stereocenters. The first-order valence-corrected chi connectivity index (χ1v) is 9.96. The number of sulfone groups is 1. The van der Waals surface area contributed by atoms with Crippen LogP contribution in [0.5, 0.6) is 5.75 Å². The first-order valence-electron chi connectivity index (χ1n) is 7.66. The molecular weight excluding hydrogens is 420 g/mol. The summed E-state index contributed by atoms with van der Waals surface area (Å²) in [5, 5.41) is 12.1. The lowest BCUT2D eigenvalue weighted by atomic mass is 10.2. The van der Waals surface area contributed by atoms with Crippen LogP contribution in [0.3, 0.4) is 0 Å². The lowest BCUT2D eigenvalue weighted by Gasteiger charge is -2.29. The molecule has 1 saturated heterocycles. The molecule has 0 aliphatic carbocycles. The van der Waals surface area contributed by atoms with Crippen LogP contribution >= 0.6 is 23.2 Å². The molecule has 0 saturated carbocycles. The van der Waals surface area contributed by atoms with Crippen LogP contribution in [0.25, 0.3) is 0 Å². The van der Waals surface area contributed by atoms with Crippen LogP contribution in [-0.2, 0) is 9.84 Å². The molecule has 1 fully saturated rings. The molecule has 7 nitrogen and oxygen atoms in total. The first-order chi connectivity index (χ1) is 12.7. The number of benzene rings is 2. The lowest BCUT2D eigenvalue weighted by Crippen LogP contribution is -2.51. The van der Waals surface area contributed by atoms with Gasteiger partial charge in [-0.25, -0.2) is 17.6 Å². The third-order valence-electron chi connectivity index (χ3n) is 4.16. The third kappa shape index (κ3) is 3.31. The van der Waals surface area contributed by atoms with Gasteiger partial charge in [0.2, 0.25) is 0 Å². The fourth-order valence-electron chi connectivity index (χ4n) is 2.67. The molecule has 144 valence electrons. The molecule has 1 aliphatic heterocycles. The van der Waals surface area contributed by atoms with E-state index in [0.717, 1.165) is 11.0 Å². The smallest absolute Gasteiger partial charge is 0.324 e. The number of hydrogen-bond acceptors (Lipinski definition) is 5. The van der Waals surface area contributed by atoms with Gasteiger partial charge in [0.1, 0.15) is 15.7 Å². The molecule has 0 aromatic heterocycles. The number of carbonyl (C=O) groups is 1. The van der Waals surface area contributed by atoms with Gasteiger partial charge in [-0.1, -0.05) is 29.3 Å². The van der Waals surface area contributed by atoms with Crippen molar-refractivity contribution >= 4 is 50.4 Å². The van der Waals surface area contributed by atoms with E-state index in [2.05, 4.69) is 5.32 Å². The van der Waals surface area contributed by atoms with Crippen molar-refractivity contribution < 1.29 is 22.7 Å². The van der Waals surface area contributed by atoms with Crippen LogP contribution in [0.1, 0.15) is 0 Å². The normalized spacial score (nSPS) is 14.6. The first kappa shape index (κ1) is 19.7. The molecule has 3 rings (SSSR count). The highest BCUT2D eigenvalue weighted by Crippen LogP contribution is 2.44. The second-order valence-electron chi connectivity index (χ2n) is 5.82. The summed E-state index contributed by atoms with van der Waals surface area (Å²) in [7, 11) is -3.98. The summed E-state index contributed by atoms with van der Waals surface area (Å²) in [6.45, 7) is 0.412. The van der Waals surface area contributed by atoms with E-state index in [4.69, 9.17) is 28.9 Å². The number of amides is 2. The fraction of sp³-hybridized carbons (Fsp3) is 0.188. The Labute approximate surface area is 164 Å². The number of nitrogens with zero attached hydrogens (tertiary/aromatic N) is 1. The number of rotatable bonds is 4. The SMILES string of the molecule is NC(=O)N(c1ccc(Cl)c(S(=O)(=O)C2CNC2)c1O)c1cccc(F)c1Cl. The second kappa shape index (κ2) is 7.16. The van der Waals surface area contributed by atoms with Crippen LogP contribution in [-0.4, -0.2) is 37.9 Å². The molecule has 0 bridgehead atoms. The average molecular weight is 434 g/mol. The molecule has 2 amide bonds. The number of nitrogens with one attached hydrogen (secondary N) is 1. The monoisotopic (exact) mass is 433 g/mol. The Morgan fingerprint density at radius 1 is 1.22 bits per heavy atom. The van der Waals surface area contributed by atoms with E-state index < -0.39 is 42.6 Å². The lowest BCUT2D eigenvalue weighted by molar-refractivity contribution is 0.256. The van der Waals surface area contributed by atoms with Crippen molar-refractivity contribution in [1.29, 1.82) is 0 Å². The van der Waals surface area contributed by atoms with E-state index in [1.807, 2.05) is 0 Å². The Morgan fingerprint density at radius 3 is 2.44 bits per heavy atom. The zero-order chi connectivity index (χ0) is 19.9. The van der Waals surface area contributed by atoms with E-state index >= 15 is 0 Å². The van der Waals surface area contributed by atoms with Gasteiger partial charge < -0.3 is 16.2 Å². The molecule has 0 spiro atoms. The van der Waals surface area contributed by atoms with Gasteiger partial charge in [-0.2, -0.15) is 0 Å². The zero-order valence-corrected chi connectivity index (χ0v) is 15.9. The molecule has 1 heterocycles. The highest BCUT2D eigenvalue weighted by molar-refractivity contribution is 7.92. The molecule has 0 unspecified atom stereocenters. The maximum atomic E-state index is 13.8. The number of nitrogens with two attached hydrogens (primary N) is 1. The van der Waals surface area contributed by atoms with Crippen molar-refractivity contribution in [2.75, 3.05) is 18.0 Å². The fourth-order valence-corrected chi connectivity index (χ4v) is 5.08. The largest absolute Gasteiger partial charge is 0.504 e. The molecule has 11 heteroatoms. The summed E-state index contributed by atoms with van der Waals surface area (Å²) in [4.78, 5) is 12.2. The number of primary amides is 1. The Balaban J connectivity index is 2.22. The third-order valence-corrected chi connectivity index (χ3v) is 7.16. The van der Waals surface area contributed by atoms with Crippen molar-refractivity contribution in [2.45, 2.75) is 10.1 Å². The number of phenols is 1. The highest BCUT2D eigenvalue weighted by Gasteiger charge is 2.38. The Hall–Kier alpha value is -2.07. The summed E-state index contributed by atoms with van der Waals surface area (Å²) in [5.41, 5.74) is 4.94. The molecule has 0 radical (unpaired) electrons. The minimum atomic E-state index is -3.98. The van der Waals surface area contributed by atoms with E-state index in [-0.39, 0.29) is 29.5 Å². The average Bonchev–Trinajstić information content (AvgIpc) is 2.51. The minimum absolute atomic E-state index is 0.157. The van der Waals surface area contributed by atoms with Crippen LogP contribution in [0, 0.1) is 5.82 Å². The van der Waals surface area contributed by atoms with Crippen LogP contribution in [0.15, 0.2) is 35.2 Å². The molecular formula is C16H14Cl2FN3O4S. The predicted molar refractivity (Wildman–Crippen MR) is 100 cm³/mol. The summed E-state index contributed by atoms with van der Waals surface area (Å²) in [6.07, 6.45) is 0. The second-order valence-corrected chi connectivity index (χ2v) is 8.77. The summed E-state index contributed by atoms with van der Waals surface area (Å²) in [6, 6.07) is 4.96. The minimum Gasteiger partial charge on any atom is -0.504 e. The van der Waals surface area contributed by atoms with E-state index in [1.54, 1.807) is 0 Å². The van der Waals surface area contributed by atoms with E-state index in [1.165, 1.54) is 24.3 Å². The van der Waals surface area contributed by atoms with E-state index in [0.29, 0.717) is 0 Å². The molecule has 2 aromatic rings. The van der Waals surface area contributed by atoms with Crippen molar-refractivity contribution in [3.05, 3.63) is 46.2 Å². The predicted octanol–water partition coefficient (Wildman–Crippen LogP) is 2.80. The van der Waals surface area contributed by atoms with Gasteiger partial charge >= 0.3 is 6.03 Å². The number of carbonyl (C=O) groups excluding carboxylic acids is 1. The highest BCUT2D eigenvalue weighted by atomic mass is 35.5. The van der Waals surface area contributed by atoms with Gasteiger partial charge in [-0.3, -0.25) is 4.90 Å².